The summed E-state index contributed by atoms with van der Waals surface area (Å²) >= 11 is 0. The van der Waals surface area contributed by atoms with Crippen molar-refractivity contribution < 1.29 is 23.0 Å². The van der Waals surface area contributed by atoms with Gasteiger partial charge in [0.1, 0.15) is 11.3 Å². The molecule has 0 saturated carbocycles. The predicted octanol–water partition coefficient (Wildman–Crippen LogP) is 3.20. The highest BCUT2D eigenvalue weighted by Gasteiger charge is 2.21. The first-order valence-corrected chi connectivity index (χ1v) is 5.13. The molecule has 5 heteroatoms. The zero-order chi connectivity index (χ0) is 13.0. The Kier molecular flexibility index (Phi) is 4.43. The fraction of sp³-hybridized carbons (Fsp3) is 0.417. The molecular formula is C12H14F2O3. The van der Waals surface area contributed by atoms with E-state index in [9.17, 15) is 13.6 Å². The van der Waals surface area contributed by atoms with Gasteiger partial charge in [0.2, 0.25) is 0 Å². The quantitative estimate of drug-likeness (QED) is 0.763. The molecule has 0 bridgehead atoms. The third kappa shape index (κ3) is 3.15. The van der Waals surface area contributed by atoms with E-state index in [1.165, 1.54) is 13.2 Å². The van der Waals surface area contributed by atoms with Crippen molar-refractivity contribution in [1.82, 2.24) is 0 Å². The fourth-order valence-electron chi connectivity index (χ4n) is 1.50. The Hall–Kier alpha value is -1.65. The van der Waals surface area contributed by atoms with E-state index in [-0.39, 0.29) is 17.2 Å². The number of carbonyl (C=O) groups is 1. The van der Waals surface area contributed by atoms with E-state index in [2.05, 4.69) is 9.47 Å². The number of rotatable bonds is 4. The van der Waals surface area contributed by atoms with Gasteiger partial charge in [-0.15, -0.1) is 0 Å². The van der Waals surface area contributed by atoms with E-state index in [4.69, 9.17) is 0 Å². The monoisotopic (exact) mass is 244 g/mol. The molecule has 0 aliphatic rings. The first-order chi connectivity index (χ1) is 7.97. The number of para-hydroxylation sites is 1. The molecule has 1 aromatic rings. The summed E-state index contributed by atoms with van der Waals surface area (Å²) in [5, 5.41) is 0. The van der Waals surface area contributed by atoms with Crippen LogP contribution in [0.15, 0.2) is 18.2 Å². The van der Waals surface area contributed by atoms with Crippen molar-refractivity contribution in [2.24, 2.45) is 0 Å². The van der Waals surface area contributed by atoms with Crippen LogP contribution in [-0.2, 0) is 4.74 Å². The summed E-state index contributed by atoms with van der Waals surface area (Å²) < 4.78 is 33.6. The molecule has 0 aliphatic heterocycles. The average Bonchev–Trinajstić information content (AvgIpc) is 2.27. The minimum absolute atomic E-state index is 0.0130. The molecule has 0 fully saturated rings. The van der Waals surface area contributed by atoms with Gasteiger partial charge in [0, 0.05) is 0 Å². The number of hydrogen-bond donors (Lipinski definition) is 0. The average molecular weight is 244 g/mol. The number of methoxy groups -OCH3 is 1. The van der Waals surface area contributed by atoms with Gasteiger partial charge in [-0.05, 0) is 17.5 Å². The smallest absolute Gasteiger partial charge is 0.387 e. The molecule has 0 N–H and O–H groups in total. The zero-order valence-corrected chi connectivity index (χ0v) is 9.87. The van der Waals surface area contributed by atoms with Crippen molar-refractivity contribution in [3.8, 4) is 5.75 Å². The lowest BCUT2D eigenvalue weighted by Crippen LogP contribution is -2.11. The molecule has 0 aliphatic carbocycles. The Labute approximate surface area is 98.3 Å². The Morgan fingerprint density at radius 2 is 1.94 bits per heavy atom. The molecule has 17 heavy (non-hydrogen) atoms. The van der Waals surface area contributed by atoms with Crippen LogP contribution in [0.4, 0.5) is 8.78 Å². The van der Waals surface area contributed by atoms with E-state index in [1.807, 2.05) is 13.8 Å². The molecule has 0 spiro atoms. The van der Waals surface area contributed by atoms with Gasteiger partial charge < -0.3 is 9.47 Å². The summed E-state index contributed by atoms with van der Waals surface area (Å²) in [6.07, 6.45) is 0. The first kappa shape index (κ1) is 13.4. The Morgan fingerprint density at radius 1 is 1.29 bits per heavy atom. The third-order valence-electron chi connectivity index (χ3n) is 2.28. The van der Waals surface area contributed by atoms with Crippen LogP contribution in [0, 0.1) is 0 Å². The fourth-order valence-corrected chi connectivity index (χ4v) is 1.50. The number of alkyl halides is 2. The zero-order valence-electron chi connectivity index (χ0n) is 9.87. The molecular weight excluding hydrogens is 230 g/mol. The molecule has 0 unspecified atom stereocenters. The molecule has 0 aromatic heterocycles. The van der Waals surface area contributed by atoms with E-state index < -0.39 is 12.6 Å². The predicted molar refractivity (Wildman–Crippen MR) is 58.5 cm³/mol. The van der Waals surface area contributed by atoms with Gasteiger partial charge in [-0.3, -0.25) is 0 Å². The van der Waals surface area contributed by atoms with Crippen LogP contribution in [0.2, 0.25) is 0 Å². The van der Waals surface area contributed by atoms with Crippen LogP contribution >= 0.6 is 0 Å². The lowest BCUT2D eigenvalue weighted by Gasteiger charge is -2.16. The maximum Gasteiger partial charge on any atom is 0.387 e. The summed E-state index contributed by atoms with van der Waals surface area (Å²) in [7, 11) is 1.19. The van der Waals surface area contributed by atoms with E-state index in [0.717, 1.165) is 0 Å². The second-order valence-electron chi connectivity index (χ2n) is 3.75. The van der Waals surface area contributed by atoms with Gasteiger partial charge >= 0.3 is 12.6 Å². The maximum atomic E-state index is 12.3. The summed E-state index contributed by atoms with van der Waals surface area (Å²) in [5.74, 6) is -0.833. The third-order valence-corrected chi connectivity index (χ3v) is 2.28. The van der Waals surface area contributed by atoms with Gasteiger partial charge in [0.15, 0.2) is 0 Å². The van der Waals surface area contributed by atoms with Crippen molar-refractivity contribution in [3.05, 3.63) is 29.3 Å². The minimum atomic E-state index is -2.97. The number of ether oxygens (including phenoxy) is 2. The van der Waals surface area contributed by atoms with Crippen molar-refractivity contribution >= 4 is 5.97 Å². The number of esters is 1. The van der Waals surface area contributed by atoms with Crippen molar-refractivity contribution in [3.63, 3.8) is 0 Å². The van der Waals surface area contributed by atoms with Crippen molar-refractivity contribution in [1.29, 1.82) is 0 Å². The number of halogens is 2. The highest BCUT2D eigenvalue weighted by Crippen LogP contribution is 2.31. The molecule has 1 aromatic carbocycles. The van der Waals surface area contributed by atoms with Crippen LogP contribution in [0.5, 0.6) is 5.75 Å². The van der Waals surface area contributed by atoms with Crippen LogP contribution in [0.3, 0.4) is 0 Å². The highest BCUT2D eigenvalue weighted by atomic mass is 19.3. The van der Waals surface area contributed by atoms with Gasteiger partial charge in [0.25, 0.3) is 0 Å². The Balaban J connectivity index is 3.28. The SMILES string of the molecule is COC(=O)c1cccc(C(C)C)c1OC(F)F. The van der Waals surface area contributed by atoms with Gasteiger partial charge in [-0.25, -0.2) is 4.79 Å². The molecule has 0 saturated heterocycles. The largest absolute Gasteiger partial charge is 0.465 e. The Morgan fingerprint density at radius 3 is 2.41 bits per heavy atom. The maximum absolute atomic E-state index is 12.3. The lowest BCUT2D eigenvalue weighted by molar-refractivity contribution is -0.0511. The van der Waals surface area contributed by atoms with Crippen LogP contribution in [-0.4, -0.2) is 19.7 Å². The summed E-state index contributed by atoms with van der Waals surface area (Å²) in [5.41, 5.74) is 0.562. The molecule has 0 atom stereocenters. The molecule has 0 radical (unpaired) electrons. The molecule has 1 rings (SSSR count). The first-order valence-electron chi connectivity index (χ1n) is 5.13. The second-order valence-corrected chi connectivity index (χ2v) is 3.75. The van der Waals surface area contributed by atoms with Crippen LogP contribution in [0.25, 0.3) is 0 Å². The normalized spacial score (nSPS) is 10.8. The van der Waals surface area contributed by atoms with Gasteiger partial charge in [-0.2, -0.15) is 8.78 Å². The van der Waals surface area contributed by atoms with Crippen molar-refractivity contribution in [2.75, 3.05) is 7.11 Å². The molecule has 94 valence electrons. The van der Waals surface area contributed by atoms with Crippen LogP contribution < -0.4 is 4.74 Å². The van der Waals surface area contributed by atoms with E-state index in [0.29, 0.717) is 5.56 Å². The number of hydrogen-bond acceptors (Lipinski definition) is 3. The molecule has 3 nitrogen and oxygen atoms in total. The van der Waals surface area contributed by atoms with Gasteiger partial charge in [-0.1, -0.05) is 26.0 Å². The summed E-state index contributed by atoms with van der Waals surface area (Å²) in [4.78, 5) is 11.4. The second kappa shape index (κ2) is 5.61. The van der Waals surface area contributed by atoms with Crippen molar-refractivity contribution in [2.45, 2.75) is 26.4 Å². The molecule has 0 amide bonds. The lowest BCUT2D eigenvalue weighted by atomic mass is 9.99. The van der Waals surface area contributed by atoms with E-state index >= 15 is 0 Å². The summed E-state index contributed by atoms with van der Waals surface area (Å²) in [6.45, 7) is 0.682. The number of carbonyl (C=O) groups excluding carboxylic acids is 1. The highest BCUT2D eigenvalue weighted by molar-refractivity contribution is 5.93. The van der Waals surface area contributed by atoms with Crippen LogP contribution in [0.1, 0.15) is 35.7 Å². The molecule has 0 heterocycles. The van der Waals surface area contributed by atoms with Gasteiger partial charge in [0.05, 0.1) is 7.11 Å². The summed E-state index contributed by atoms with van der Waals surface area (Å²) in [6, 6.07) is 4.66. The number of benzene rings is 1. The topological polar surface area (TPSA) is 35.5 Å². The Bertz CT molecular complexity index is 403. The van der Waals surface area contributed by atoms with E-state index in [1.54, 1.807) is 12.1 Å². The standard InChI is InChI=1S/C12H14F2O3/c1-7(2)8-5-4-6-9(11(15)16-3)10(8)17-12(13)14/h4-7,12H,1-3H3. The minimum Gasteiger partial charge on any atom is -0.465 e.